The Morgan fingerprint density at radius 1 is 1.25 bits per heavy atom. The molecular formula is C24H32F2O6. The smallest absolute Gasteiger partial charge is 0.303 e. The maximum atomic E-state index is 17.1. The van der Waals surface area contributed by atoms with Crippen LogP contribution < -0.4 is 0 Å². The first kappa shape index (κ1) is 23.5. The lowest BCUT2D eigenvalue weighted by molar-refractivity contribution is -0.233. The van der Waals surface area contributed by atoms with Crippen molar-refractivity contribution < 1.29 is 38.1 Å². The van der Waals surface area contributed by atoms with E-state index in [1.807, 2.05) is 0 Å². The van der Waals surface area contributed by atoms with E-state index in [0.29, 0.717) is 0 Å². The molecular weight excluding hydrogens is 422 g/mol. The minimum absolute atomic E-state index is 0.0843. The summed E-state index contributed by atoms with van der Waals surface area (Å²) in [6.45, 7) is 5.47. The SMILES string of the molecule is CC(=O)OCC(=O)[C@@]1(O)[C@H](C)CC2C3C[C@H](F)C4=CC(=O)CCC4(C)[C@@]3(F)C(O)CC21C. The number of aliphatic hydroxyl groups excluding tert-OH is 1. The lowest BCUT2D eigenvalue weighted by Crippen LogP contribution is -2.71. The second kappa shape index (κ2) is 7.16. The quantitative estimate of drug-likeness (QED) is 0.636. The molecule has 4 rings (SSSR count). The maximum Gasteiger partial charge on any atom is 0.303 e. The van der Waals surface area contributed by atoms with E-state index >= 15 is 8.78 Å². The van der Waals surface area contributed by atoms with E-state index in [4.69, 9.17) is 4.74 Å². The molecule has 0 aromatic heterocycles. The molecule has 0 aromatic rings. The molecule has 3 saturated carbocycles. The van der Waals surface area contributed by atoms with E-state index in [-0.39, 0.29) is 43.5 Å². The fourth-order valence-electron chi connectivity index (χ4n) is 7.77. The molecule has 0 saturated heterocycles. The van der Waals surface area contributed by atoms with Crippen LogP contribution in [-0.2, 0) is 19.1 Å². The van der Waals surface area contributed by atoms with Crippen LogP contribution in [0.5, 0.6) is 0 Å². The molecule has 0 spiro atoms. The number of hydrogen-bond donors (Lipinski definition) is 2. The number of carbonyl (C=O) groups is 3. The molecule has 3 fully saturated rings. The van der Waals surface area contributed by atoms with Crippen LogP contribution in [0.4, 0.5) is 8.78 Å². The number of aliphatic hydroxyl groups is 2. The van der Waals surface area contributed by atoms with Gasteiger partial charge in [-0.2, -0.15) is 0 Å². The second-order valence-corrected chi connectivity index (χ2v) is 10.8. The molecule has 0 heterocycles. The summed E-state index contributed by atoms with van der Waals surface area (Å²) < 4.78 is 37.3. The minimum Gasteiger partial charge on any atom is -0.458 e. The van der Waals surface area contributed by atoms with Gasteiger partial charge < -0.3 is 14.9 Å². The highest BCUT2D eigenvalue weighted by molar-refractivity contribution is 5.92. The fraction of sp³-hybridized carbons (Fsp3) is 0.792. The van der Waals surface area contributed by atoms with Gasteiger partial charge >= 0.3 is 5.97 Å². The standard InChI is InChI=1S/C24H32F2O6/c1-12-7-15-16-9-18(25)17-8-14(28)5-6-21(17,3)23(16,26)19(29)10-22(15,4)24(12,31)20(30)11-32-13(2)27/h8,12,15-16,18-19,29,31H,5-7,9-11H2,1-4H3/t12-,15?,16?,18+,19?,21?,22?,23+,24+/m1/s1. The van der Waals surface area contributed by atoms with Crippen LogP contribution >= 0.6 is 0 Å². The van der Waals surface area contributed by atoms with Crippen LogP contribution in [0.3, 0.4) is 0 Å². The first-order valence-corrected chi connectivity index (χ1v) is 11.4. The van der Waals surface area contributed by atoms with Gasteiger partial charge in [0.1, 0.15) is 17.4 Å². The maximum absolute atomic E-state index is 17.1. The van der Waals surface area contributed by atoms with Crippen LogP contribution in [0.25, 0.3) is 0 Å². The van der Waals surface area contributed by atoms with Crippen LogP contribution in [-0.4, -0.2) is 57.9 Å². The van der Waals surface area contributed by atoms with Gasteiger partial charge in [-0.05, 0) is 49.2 Å². The number of alkyl halides is 2. The van der Waals surface area contributed by atoms with E-state index in [2.05, 4.69) is 0 Å². The first-order valence-electron chi connectivity index (χ1n) is 11.4. The number of esters is 1. The van der Waals surface area contributed by atoms with Crippen LogP contribution in [0, 0.1) is 28.6 Å². The predicted molar refractivity (Wildman–Crippen MR) is 110 cm³/mol. The highest BCUT2D eigenvalue weighted by Crippen LogP contribution is 2.71. The molecule has 0 bridgehead atoms. The Bertz CT molecular complexity index is 903. The summed E-state index contributed by atoms with van der Waals surface area (Å²) in [6, 6.07) is 0. The molecule has 0 amide bonds. The lowest BCUT2D eigenvalue weighted by atomic mass is 9.43. The third-order valence-electron chi connectivity index (χ3n) is 9.44. The Kier molecular flexibility index (Phi) is 5.26. The normalized spacial score (nSPS) is 50.1. The average Bonchev–Trinajstić information content (AvgIpc) is 2.91. The summed E-state index contributed by atoms with van der Waals surface area (Å²) in [5, 5.41) is 22.9. The molecule has 9 atom stereocenters. The molecule has 6 nitrogen and oxygen atoms in total. The molecule has 2 N–H and O–H groups in total. The number of ketones is 2. The van der Waals surface area contributed by atoms with Gasteiger partial charge in [0, 0.05) is 30.1 Å². The van der Waals surface area contributed by atoms with Crippen molar-refractivity contribution in [1.82, 2.24) is 0 Å². The summed E-state index contributed by atoms with van der Waals surface area (Å²) in [5.74, 6) is -3.67. The van der Waals surface area contributed by atoms with Crippen molar-refractivity contribution in [2.45, 2.75) is 83.3 Å². The van der Waals surface area contributed by atoms with E-state index in [9.17, 15) is 24.6 Å². The lowest BCUT2D eigenvalue weighted by Gasteiger charge is -2.63. The van der Waals surface area contributed by atoms with E-state index in [1.54, 1.807) is 20.8 Å². The zero-order valence-electron chi connectivity index (χ0n) is 19.0. The third kappa shape index (κ3) is 2.71. The Balaban J connectivity index is 1.78. The van der Waals surface area contributed by atoms with Gasteiger partial charge in [0.15, 0.2) is 12.4 Å². The van der Waals surface area contributed by atoms with Crippen molar-refractivity contribution in [3.05, 3.63) is 11.6 Å². The monoisotopic (exact) mass is 454 g/mol. The van der Waals surface area contributed by atoms with E-state index in [1.165, 1.54) is 6.08 Å². The Morgan fingerprint density at radius 3 is 2.53 bits per heavy atom. The van der Waals surface area contributed by atoms with Gasteiger partial charge in [0.25, 0.3) is 0 Å². The highest BCUT2D eigenvalue weighted by Gasteiger charge is 2.76. The fourth-order valence-corrected chi connectivity index (χ4v) is 7.77. The molecule has 0 aliphatic heterocycles. The van der Waals surface area contributed by atoms with Crippen LogP contribution in [0.2, 0.25) is 0 Å². The van der Waals surface area contributed by atoms with Crippen molar-refractivity contribution in [1.29, 1.82) is 0 Å². The number of fused-ring (bicyclic) bond motifs is 5. The van der Waals surface area contributed by atoms with Gasteiger partial charge in [-0.25, -0.2) is 8.78 Å². The van der Waals surface area contributed by atoms with Gasteiger partial charge in [-0.15, -0.1) is 0 Å². The molecule has 4 aliphatic carbocycles. The topological polar surface area (TPSA) is 101 Å². The first-order chi connectivity index (χ1) is 14.7. The van der Waals surface area contributed by atoms with Gasteiger partial charge in [0.2, 0.25) is 5.78 Å². The van der Waals surface area contributed by atoms with Gasteiger partial charge in [-0.1, -0.05) is 20.8 Å². The number of hydrogen-bond acceptors (Lipinski definition) is 6. The third-order valence-corrected chi connectivity index (χ3v) is 9.44. The summed E-state index contributed by atoms with van der Waals surface area (Å²) in [5.41, 5.74) is -6.57. The molecule has 0 radical (unpaired) electrons. The van der Waals surface area contributed by atoms with E-state index < -0.39 is 70.5 Å². The largest absolute Gasteiger partial charge is 0.458 e. The summed E-state index contributed by atoms with van der Waals surface area (Å²) in [4.78, 5) is 36.2. The number of Topliss-reactive ketones (excluding diaryl/α,β-unsaturated/α-hetero) is 1. The Hall–Kier alpha value is -1.67. The molecule has 32 heavy (non-hydrogen) atoms. The van der Waals surface area contributed by atoms with Crippen molar-refractivity contribution in [3.8, 4) is 0 Å². The summed E-state index contributed by atoms with van der Waals surface area (Å²) in [6.07, 6.45) is -1.81. The molecule has 178 valence electrons. The van der Waals surface area contributed by atoms with Crippen molar-refractivity contribution in [2.24, 2.45) is 28.6 Å². The van der Waals surface area contributed by atoms with Crippen molar-refractivity contribution in [3.63, 3.8) is 0 Å². The van der Waals surface area contributed by atoms with Crippen molar-refractivity contribution in [2.75, 3.05) is 6.61 Å². The summed E-state index contributed by atoms with van der Waals surface area (Å²) >= 11 is 0. The molecule has 0 aromatic carbocycles. The minimum atomic E-state index is -2.18. The van der Waals surface area contributed by atoms with Crippen LogP contribution in [0.15, 0.2) is 11.6 Å². The molecule has 5 unspecified atom stereocenters. The van der Waals surface area contributed by atoms with Crippen molar-refractivity contribution >= 4 is 17.5 Å². The molecule has 8 heteroatoms. The van der Waals surface area contributed by atoms with Crippen LogP contribution in [0.1, 0.15) is 59.8 Å². The highest BCUT2D eigenvalue weighted by atomic mass is 19.1. The number of carbonyl (C=O) groups excluding carboxylic acids is 3. The second-order valence-electron chi connectivity index (χ2n) is 10.8. The number of allylic oxidation sites excluding steroid dienone is 1. The Morgan fingerprint density at radius 2 is 1.91 bits per heavy atom. The predicted octanol–water partition coefficient (Wildman–Crippen LogP) is 2.64. The molecule has 4 aliphatic rings. The number of halogens is 2. The summed E-state index contributed by atoms with van der Waals surface area (Å²) in [7, 11) is 0. The average molecular weight is 455 g/mol. The zero-order chi connectivity index (χ0) is 23.9. The van der Waals surface area contributed by atoms with E-state index in [0.717, 1.165) is 6.92 Å². The zero-order valence-corrected chi connectivity index (χ0v) is 19.0. The van der Waals surface area contributed by atoms with Gasteiger partial charge in [0.05, 0.1) is 6.10 Å². The Labute approximate surface area is 186 Å². The van der Waals surface area contributed by atoms with Gasteiger partial charge in [-0.3, -0.25) is 14.4 Å². The number of rotatable bonds is 3. The number of ether oxygens (including phenoxy) is 1.